The average Bonchev–Trinajstić information content (AvgIpc) is 2.92. The molecule has 2 aromatic carbocycles. The van der Waals surface area contributed by atoms with Gasteiger partial charge in [0.15, 0.2) is 5.43 Å². The molecule has 1 aromatic heterocycles. The van der Waals surface area contributed by atoms with Gasteiger partial charge in [-0.2, -0.15) is 0 Å². The predicted octanol–water partition coefficient (Wildman–Crippen LogP) is 4.33. The summed E-state index contributed by atoms with van der Waals surface area (Å²) in [5.74, 6) is 1.65. The van der Waals surface area contributed by atoms with Crippen molar-refractivity contribution in [2.45, 2.75) is 25.7 Å². The topological polar surface area (TPSA) is 72.8 Å². The number of nitrogens with one attached hydrogen (secondary N) is 1. The first-order valence-corrected chi connectivity index (χ1v) is 12.6. The summed E-state index contributed by atoms with van der Waals surface area (Å²) >= 11 is 0. The number of amides is 1. The molecule has 1 N–H and O–H groups in total. The summed E-state index contributed by atoms with van der Waals surface area (Å²) in [7, 11) is 5.45. The number of methoxy groups -OCH3 is 2. The molecule has 196 valence electrons. The Morgan fingerprint density at radius 1 is 0.946 bits per heavy atom. The number of carbonyl (C=O) groups excluding carboxylic acids is 1. The molecule has 1 heterocycles. The van der Waals surface area contributed by atoms with Crippen molar-refractivity contribution in [3.05, 3.63) is 94.4 Å². The first-order chi connectivity index (χ1) is 18.0. The van der Waals surface area contributed by atoms with Gasteiger partial charge in [-0.05, 0) is 68.2 Å². The van der Waals surface area contributed by atoms with Crippen LogP contribution in [0.5, 0.6) is 11.5 Å². The summed E-state index contributed by atoms with van der Waals surface area (Å²) in [4.78, 5) is 25.7. The quantitative estimate of drug-likeness (QED) is 0.332. The fraction of sp³-hybridized carbons (Fsp3) is 0.333. The molecule has 7 nitrogen and oxygen atoms in total. The lowest BCUT2D eigenvalue weighted by atomic mass is 10.1. The first-order valence-electron chi connectivity index (χ1n) is 12.6. The molecule has 3 aromatic rings. The number of likely N-dealkylation sites (N-methyl/N-ethyl adjacent to an activating group) is 1. The zero-order chi connectivity index (χ0) is 26.5. The van der Waals surface area contributed by atoms with Crippen molar-refractivity contribution >= 4 is 12.0 Å². The van der Waals surface area contributed by atoms with Crippen LogP contribution in [-0.2, 0) is 11.2 Å². The van der Waals surface area contributed by atoms with Gasteiger partial charge in [0.2, 0.25) is 5.91 Å². The SMILES string of the molecule is COc1cc(CCN(C)CCCCNC(=O)CC=Cc2ccc(-n3ccc(=O)cc3)cc2)cc(OC)c1. The molecule has 7 heteroatoms. The van der Waals surface area contributed by atoms with Crippen LogP contribution in [0.3, 0.4) is 0 Å². The van der Waals surface area contributed by atoms with Crippen molar-refractivity contribution < 1.29 is 14.3 Å². The van der Waals surface area contributed by atoms with Crippen LogP contribution >= 0.6 is 0 Å². The number of ether oxygens (including phenoxy) is 2. The molecular weight excluding hydrogens is 466 g/mol. The van der Waals surface area contributed by atoms with Crippen LogP contribution in [0.2, 0.25) is 0 Å². The van der Waals surface area contributed by atoms with Crippen molar-refractivity contribution in [3.63, 3.8) is 0 Å². The maximum absolute atomic E-state index is 12.1. The Hall–Kier alpha value is -3.84. The van der Waals surface area contributed by atoms with Crippen LogP contribution in [0.1, 0.15) is 30.4 Å². The third-order valence-electron chi connectivity index (χ3n) is 6.09. The number of benzene rings is 2. The highest BCUT2D eigenvalue weighted by molar-refractivity contribution is 5.78. The highest BCUT2D eigenvalue weighted by Gasteiger charge is 2.05. The van der Waals surface area contributed by atoms with Crippen molar-refractivity contribution in [1.29, 1.82) is 0 Å². The summed E-state index contributed by atoms with van der Waals surface area (Å²) in [6.45, 7) is 2.60. The largest absolute Gasteiger partial charge is 0.497 e. The molecule has 0 aliphatic rings. The number of carbonyl (C=O) groups is 1. The van der Waals surface area contributed by atoms with Crippen LogP contribution in [0.15, 0.2) is 77.9 Å². The highest BCUT2D eigenvalue weighted by Crippen LogP contribution is 2.22. The molecule has 1 amide bonds. The minimum Gasteiger partial charge on any atom is -0.497 e. The number of aromatic nitrogens is 1. The summed E-state index contributed by atoms with van der Waals surface area (Å²) in [6.07, 6.45) is 10.6. The molecule has 0 aliphatic heterocycles. The van der Waals surface area contributed by atoms with Crippen molar-refractivity contribution in [1.82, 2.24) is 14.8 Å². The zero-order valence-electron chi connectivity index (χ0n) is 22.0. The van der Waals surface area contributed by atoms with Gasteiger partial charge >= 0.3 is 0 Å². The number of rotatable bonds is 14. The second-order valence-corrected chi connectivity index (χ2v) is 8.97. The molecule has 0 unspecified atom stereocenters. The number of unbranched alkanes of at least 4 members (excludes halogenated alkanes) is 1. The molecule has 0 saturated carbocycles. The van der Waals surface area contributed by atoms with E-state index >= 15 is 0 Å². The second-order valence-electron chi connectivity index (χ2n) is 8.97. The fourth-order valence-corrected chi connectivity index (χ4v) is 3.89. The van der Waals surface area contributed by atoms with Gasteiger partial charge in [-0.1, -0.05) is 24.3 Å². The van der Waals surface area contributed by atoms with E-state index in [2.05, 4.69) is 17.3 Å². The molecule has 0 aliphatic carbocycles. The van der Waals surface area contributed by atoms with Crippen molar-refractivity contribution in [2.75, 3.05) is 40.9 Å². The maximum Gasteiger partial charge on any atom is 0.223 e. The lowest BCUT2D eigenvalue weighted by Crippen LogP contribution is -2.26. The lowest BCUT2D eigenvalue weighted by molar-refractivity contribution is -0.120. The minimum atomic E-state index is -0.0106. The Labute approximate surface area is 219 Å². The summed E-state index contributed by atoms with van der Waals surface area (Å²) in [6, 6.07) is 17.0. The summed E-state index contributed by atoms with van der Waals surface area (Å²) < 4.78 is 12.6. The Morgan fingerprint density at radius 2 is 1.62 bits per heavy atom. The van der Waals surface area contributed by atoms with Gasteiger partial charge in [0, 0.05) is 55.8 Å². The van der Waals surface area contributed by atoms with Crippen LogP contribution < -0.4 is 20.2 Å². The monoisotopic (exact) mass is 503 g/mol. The van der Waals surface area contributed by atoms with Gasteiger partial charge in [-0.3, -0.25) is 9.59 Å². The number of pyridine rings is 1. The Morgan fingerprint density at radius 3 is 2.27 bits per heavy atom. The van der Waals surface area contributed by atoms with E-state index in [1.54, 1.807) is 26.6 Å². The predicted molar refractivity (Wildman–Crippen MR) is 149 cm³/mol. The first kappa shape index (κ1) is 27.7. The van der Waals surface area contributed by atoms with E-state index < -0.39 is 0 Å². The molecule has 0 fully saturated rings. The van der Waals surface area contributed by atoms with E-state index in [0.29, 0.717) is 13.0 Å². The molecular formula is C30H37N3O4. The third kappa shape index (κ3) is 9.61. The van der Waals surface area contributed by atoms with E-state index in [1.165, 1.54) is 17.7 Å². The average molecular weight is 504 g/mol. The van der Waals surface area contributed by atoms with Crippen LogP contribution in [0.25, 0.3) is 11.8 Å². The Balaban J connectivity index is 1.29. The molecule has 0 radical (unpaired) electrons. The molecule has 0 bridgehead atoms. The highest BCUT2D eigenvalue weighted by atomic mass is 16.5. The van der Waals surface area contributed by atoms with Crippen LogP contribution in [-0.4, -0.2) is 56.3 Å². The molecule has 0 saturated heterocycles. The van der Waals surface area contributed by atoms with Crippen molar-refractivity contribution in [3.8, 4) is 17.2 Å². The van der Waals surface area contributed by atoms with E-state index in [1.807, 2.05) is 59.2 Å². The lowest BCUT2D eigenvalue weighted by Gasteiger charge is -2.17. The third-order valence-corrected chi connectivity index (χ3v) is 6.09. The van der Waals surface area contributed by atoms with E-state index in [0.717, 1.165) is 55.1 Å². The van der Waals surface area contributed by atoms with E-state index in [9.17, 15) is 9.59 Å². The molecule has 3 rings (SSSR count). The number of nitrogens with zero attached hydrogens (tertiary/aromatic N) is 2. The van der Waals surface area contributed by atoms with Gasteiger partial charge in [0.05, 0.1) is 14.2 Å². The van der Waals surface area contributed by atoms with Gasteiger partial charge < -0.3 is 24.3 Å². The molecule has 0 spiro atoms. The maximum atomic E-state index is 12.1. The standard InChI is InChI=1S/C30H37N3O4/c1-32(18-13-25-21-28(36-2)23-29(22-25)37-3)17-5-4-16-31-30(35)8-6-7-24-9-11-26(12-10-24)33-19-14-27(34)15-20-33/h6-7,9-12,14-15,19-23H,4-5,8,13,16-18H2,1-3H3,(H,31,35). The van der Waals surface area contributed by atoms with E-state index in [4.69, 9.17) is 9.47 Å². The summed E-state index contributed by atoms with van der Waals surface area (Å²) in [5, 5.41) is 3.00. The normalized spacial score (nSPS) is 11.1. The summed E-state index contributed by atoms with van der Waals surface area (Å²) in [5.41, 5.74) is 3.17. The van der Waals surface area contributed by atoms with Gasteiger partial charge in [0.1, 0.15) is 11.5 Å². The van der Waals surface area contributed by atoms with Crippen molar-refractivity contribution in [2.24, 2.45) is 0 Å². The number of hydrogen-bond donors (Lipinski definition) is 1. The number of hydrogen-bond acceptors (Lipinski definition) is 5. The fourth-order valence-electron chi connectivity index (χ4n) is 3.89. The molecule has 0 atom stereocenters. The Bertz CT molecular complexity index is 1180. The van der Waals surface area contributed by atoms with Gasteiger partial charge in [-0.25, -0.2) is 0 Å². The van der Waals surface area contributed by atoms with Gasteiger partial charge in [0.25, 0.3) is 0 Å². The van der Waals surface area contributed by atoms with Crippen LogP contribution in [0.4, 0.5) is 0 Å². The van der Waals surface area contributed by atoms with Crippen LogP contribution in [0, 0.1) is 0 Å². The van der Waals surface area contributed by atoms with E-state index in [-0.39, 0.29) is 11.3 Å². The minimum absolute atomic E-state index is 0.0106. The second kappa shape index (κ2) is 14.7. The molecule has 37 heavy (non-hydrogen) atoms. The smallest absolute Gasteiger partial charge is 0.223 e. The zero-order valence-corrected chi connectivity index (χ0v) is 22.0. The Kier molecular flexibility index (Phi) is 11.0. The van der Waals surface area contributed by atoms with Gasteiger partial charge in [-0.15, -0.1) is 0 Å².